The summed E-state index contributed by atoms with van der Waals surface area (Å²) in [7, 11) is 1.66. The minimum absolute atomic E-state index is 0.0135. The van der Waals surface area contributed by atoms with Crippen LogP contribution >= 0.6 is 0 Å². The van der Waals surface area contributed by atoms with E-state index < -0.39 is 17.6 Å². The lowest BCUT2D eigenvalue weighted by Crippen LogP contribution is -2.32. The maximum absolute atomic E-state index is 13.6. The van der Waals surface area contributed by atoms with E-state index in [0.29, 0.717) is 25.3 Å². The van der Waals surface area contributed by atoms with E-state index in [1.165, 1.54) is 6.92 Å². The first kappa shape index (κ1) is 16.6. The molecule has 0 spiro atoms. The molecule has 0 bridgehead atoms. The van der Waals surface area contributed by atoms with Gasteiger partial charge in [-0.05, 0) is 50.9 Å². The number of nitrogens with one attached hydrogen (secondary N) is 1. The van der Waals surface area contributed by atoms with Crippen molar-refractivity contribution in [1.82, 2.24) is 5.32 Å². The predicted molar refractivity (Wildman–Crippen MR) is 67.9 cm³/mol. The fraction of sp³-hybridized carbons (Fsp3) is 0.500. The van der Waals surface area contributed by atoms with Crippen LogP contribution in [0.1, 0.15) is 30.9 Å². The number of hydrogen-bond acceptors (Lipinski definition) is 2. The first-order valence-electron chi connectivity index (χ1n) is 6.29. The molecule has 0 fully saturated rings. The molecule has 0 aliphatic carbocycles. The second kappa shape index (κ2) is 6.83. The third kappa shape index (κ3) is 4.59. The van der Waals surface area contributed by atoms with Gasteiger partial charge in [0.05, 0.1) is 11.6 Å². The highest BCUT2D eigenvalue weighted by molar-refractivity contribution is 5.81. The number of likely N-dealkylation sites (N-methyl/N-ethyl adjacent to an activating group) is 1. The summed E-state index contributed by atoms with van der Waals surface area (Å²) in [5, 5.41) is 2.84. The molecule has 0 aromatic heterocycles. The van der Waals surface area contributed by atoms with Crippen LogP contribution in [0.2, 0.25) is 0 Å². The van der Waals surface area contributed by atoms with Gasteiger partial charge < -0.3 is 5.32 Å². The summed E-state index contributed by atoms with van der Waals surface area (Å²) in [4.78, 5) is 11.2. The maximum atomic E-state index is 13.6. The van der Waals surface area contributed by atoms with Crippen LogP contribution < -0.4 is 5.32 Å². The fourth-order valence-corrected chi connectivity index (χ4v) is 1.97. The number of ketones is 1. The molecule has 1 atom stereocenters. The highest BCUT2D eigenvalue weighted by atomic mass is 19.4. The number of carbonyl (C=O) groups excluding carboxylic acids is 1. The SMILES string of the molecule is CNC(CCCc1ccc(C(F)(F)F)cc1F)C(C)=O. The summed E-state index contributed by atoms with van der Waals surface area (Å²) in [6, 6.07) is 2.24. The molecule has 6 heteroatoms. The molecular weight excluding hydrogens is 274 g/mol. The van der Waals surface area contributed by atoms with Gasteiger partial charge in [0.2, 0.25) is 0 Å². The topological polar surface area (TPSA) is 29.1 Å². The Hall–Kier alpha value is -1.43. The molecule has 0 radical (unpaired) electrons. The molecule has 0 amide bonds. The highest BCUT2D eigenvalue weighted by Crippen LogP contribution is 2.30. The Kier molecular flexibility index (Phi) is 5.68. The first-order valence-corrected chi connectivity index (χ1v) is 6.29. The molecule has 1 unspecified atom stereocenters. The lowest BCUT2D eigenvalue weighted by molar-refractivity contribution is -0.137. The van der Waals surface area contributed by atoms with Gasteiger partial charge in [-0.2, -0.15) is 13.2 Å². The molecule has 112 valence electrons. The van der Waals surface area contributed by atoms with Gasteiger partial charge in [0.15, 0.2) is 0 Å². The van der Waals surface area contributed by atoms with Crippen molar-refractivity contribution in [3.05, 3.63) is 35.1 Å². The average Bonchev–Trinajstić information content (AvgIpc) is 2.34. The minimum atomic E-state index is -4.54. The smallest absolute Gasteiger partial charge is 0.311 e. The van der Waals surface area contributed by atoms with Crippen molar-refractivity contribution in [1.29, 1.82) is 0 Å². The van der Waals surface area contributed by atoms with Crippen LogP contribution in [0.3, 0.4) is 0 Å². The molecule has 0 aliphatic rings. The number of hydrogen-bond donors (Lipinski definition) is 1. The number of alkyl halides is 3. The summed E-state index contributed by atoms with van der Waals surface area (Å²) >= 11 is 0. The molecule has 1 aromatic carbocycles. The van der Waals surface area contributed by atoms with E-state index in [1.807, 2.05) is 0 Å². The molecule has 0 aliphatic heterocycles. The van der Waals surface area contributed by atoms with E-state index in [9.17, 15) is 22.4 Å². The second-order valence-electron chi connectivity index (χ2n) is 4.65. The van der Waals surface area contributed by atoms with Crippen molar-refractivity contribution in [3.8, 4) is 0 Å². The average molecular weight is 291 g/mol. The summed E-state index contributed by atoms with van der Waals surface area (Å²) < 4.78 is 50.7. The Labute approximate surface area is 115 Å². The van der Waals surface area contributed by atoms with E-state index in [0.717, 1.165) is 12.1 Å². The Morgan fingerprint density at radius 2 is 2.00 bits per heavy atom. The largest absolute Gasteiger partial charge is 0.416 e. The van der Waals surface area contributed by atoms with E-state index in [1.54, 1.807) is 7.05 Å². The van der Waals surface area contributed by atoms with Gasteiger partial charge in [-0.15, -0.1) is 0 Å². The van der Waals surface area contributed by atoms with E-state index in [2.05, 4.69) is 5.32 Å². The van der Waals surface area contributed by atoms with Crippen molar-refractivity contribution in [2.75, 3.05) is 7.05 Å². The van der Waals surface area contributed by atoms with Crippen molar-refractivity contribution >= 4 is 5.78 Å². The lowest BCUT2D eigenvalue weighted by atomic mass is 10.0. The van der Waals surface area contributed by atoms with Crippen molar-refractivity contribution in [2.45, 2.75) is 38.4 Å². The number of carbonyl (C=O) groups is 1. The second-order valence-corrected chi connectivity index (χ2v) is 4.65. The van der Waals surface area contributed by atoms with Crippen LogP contribution in [0.4, 0.5) is 17.6 Å². The normalized spacial score (nSPS) is 13.3. The molecule has 1 rings (SSSR count). The van der Waals surface area contributed by atoms with Gasteiger partial charge in [-0.3, -0.25) is 4.79 Å². The standard InChI is InChI=1S/C14H17F4NO/c1-9(20)13(19-2)5-3-4-10-6-7-11(8-12(10)15)14(16,17)18/h6-8,13,19H,3-5H2,1-2H3. The summed E-state index contributed by atoms with van der Waals surface area (Å²) in [5.41, 5.74) is -0.757. The Balaban J connectivity index is 2.64. The summed E-state index contributed by atoms with van der Waals surface area (Å²) in [5.74, 6) is -0.871. The van der Waals surface area contributed by atoms with Crippen LogP contribution in [0.25, 0.3) is 0 Å². The van der Waals surface area contributed by atoms with Crippen LogP contribution in [-0.4, -0.2) is 18.9 Å². The van der Waals surface area contributed by atoms with E-state index >= 15 is 0 Å². The molecule has 1 aromatic rings. The van der Waals surface area contributed by atoms with Gasteiger partial charge in [0.1, 0.15) is 11.6 Å². The predicted octanol–water partition coefficient (Wildman–Crippen LogP) is 3.34. The monoisotopic (exact) mass is 291 g/mol. The molecule has 2 nitrogen and oxygen atoms in total. The highest BCUT2D eigenvalue weighted by Gasteiger charge is 2.31. The third-order valence-corrected chi connectivity index (χ3v) is 3.16. The Morgan fingerprint density at radius 3 is 2.45 bits per heavy atom. The van der Waals surface area contributed by atoms with Gasteiger partial charge >= 0.3 is 6.18 Å². The summed E-state index contributed by atoms with van der Waals surface area (Å²) in [6.07, 6.45) is -3.19. The molecular formula is C14H17F4NO. The molecule has 0 saturated heterocycles. The summed E-state index contributed by atoms with van der Waals surface area (Å²) in [6.45, 7) is 1.46. The maximum Gasteiger partial charge on any atom is 0.416 e. The quantitative estimate of drug-likeness (QED) is 0.814. The van der Waals surface area contributed by atoms with E-state index in [4.69, 9.17) is 0 Å². The molecule has 20 heavy (non-hydrogen) atoms. The van der Waals surface area contributed by atoms with Crippen LogP contribution in [-0.2, 0) is 17.4 Å². The number of Topliss-reactive ketones (excluding diaryl/α,β-unsaturated/α-hetero) is 1. The number of benzene rings is 1. The van der Waals surface area contributed by atoms with Crippen molar-refractivity contribution in [3.63, 3.8) is 0 Å². The van der Waals surface area contributed by atoms with Crippen LogP contribution in [0.15, 0.2) is 18.2 Å². The van der Waals surface area contributed by atoms with Gasteiger partial charge in [0, 0.05) is 0 Å². The Bertz CT molecular complexity index is 471. The third-order valence-electron chi connectivity index (χ3n) is 3.16. The van der Waals surface area contributed by atoms with Crippen LogP contribution in [0.5, 0.6) is 0 Å². The number of rotatable bonds is 6. The minimum Gasteiger partial charge on any atom is -0.311 e. The zero-order chi connectivity index (χ0) is 15.3. The van der Waals surface area contributed by atoms with Crippen LogP contribution in [0, 0.1) is 5.82 Å². The van der Waals surface area contributed by atoms with Gasteiger partial charge in [0.25, 0.3) is 0 Å². The van der Waals surface area contributed by atoms with Crippen molar-refractivity contribution in [2.24, 2.45) is 0 Å². The zero-order valence-corrected chi connectivity index (χ0v) is 11.4. The fourth-order valence-electron chi connectivity index (χ4n) is 1.97. The van der Waals surface area contributed by atoms with E-state index in [-0.39, 0.29) is 17.4 Å². The number of aryl methyl sites for hydroxylation is 1. The Morgan fingerprint density at radius 1 is 1.35 bits per heavy atom. The molecule has 0 heterocycles. The lowest BCUT2D eigenvalue weighted by Gasteiger charge is -2.13. The van der Waals surface area contributed by atoms with Gasteiger partial charge in [-0.25, -0.2) is 4.39 Å². The number of halogens is 4. The zero-order valence-electron chi connectivity index (χ0n) is 11.4. The first-order chi connectivity index (χ1) is 9.25. The molecule has 0 saturated carbocycles. The van der Waals surface area contributed by atoms with Crippen molar-refractivity contribution < 1.29 is 22.4 Å². The van der Waals surface area contributed by atoms with Gasteiger partial charge in [-0.1, -0.05) is 6.07 Å². The molecule has 1 N–H and O–H groups in total.